The van der Waals surface area contributed by atoms with Crippen molar-refractivity contribution in [2.24, 2.45) is 0 Å². The van der Waals surface area contributed by atoms with Gasteiger partial charge in [-0.3, -0.25) is 9.59 Å². The molecule has 3 aromatic carbocycles. The van der Waals surface area contributed by atoms with Crippen molar-refractivity contribution >= 4 is 23.2 Å². The monoisotopic (exact) mass is 476 g/mol. The molecule has 0 aromatic heterocycles. The highest BCUT2D eigenvalue weighted by atomic mass is 19.1. The van der Waals surface area contributed by atoms with Crippen molar-refractivity contribution < 1.29 is 23.5 Å². The predicted molar refractivity (Wildman–Crippen MR) is 134 cm³/mol. The third-order valence-corrected chi connectivity index (χ3v) is 6.23. The molecule has 0 bridgehead atoms. The summed E-state index contributed by atoms with van der Waals surface area (Å²) in [5.74, 6) is -0.0665. The van der Waals surface area contributed by atoms with Gasteiger partial charge in [0.25, 0.3) is 5.91 Å². The molecule has 0 aliphatic heterocycles. The van der Waals surface area contributed by atoms with Gasteiger partial charge in [-0.2, -0.15) is 0 Å². The normalized spacial score (nSPS) is 13.9. The molecule has 182 valence electrons. The summed E-state index contributed by atoms with van der Waals surface area (Å²) < 4.78 is 25.5. The molecule has 2 N–H and O–H groups in total. The Hall–Kier alpha value is -3.87. The van der Waals surface area contributed by atoms with Gasteiger partial charge in [0.05, 0.1) is 30.0 Å². The molecule has 1 aliphatic carbocycles. The van der Waals surface area contributed by atoms with E-state index in [0.717, 1.165) is 6.42 Å². The van der Waals surface area contributed by atoms with Crippen molar-refractivity contribution in [3.63, 3.8) is 0 Å². The molecule has 4 rings (SSSR count). The minimum atomic E-state index is -0.794. The fourth-order valence-corrected chi connectivity index (χ4v) is 4.29. The average molecular weight is 477 g/mol. The van der Waals surface area contributed by atoms with E-state index in [1.165, 1.54) is 12.1 Å². The van der Waals surface area contributed by atoms with E-state index in [0.29, 0.717) is 60.1 Å². The van der Waals surface area contributed by atoms with Gasteiger partial charge in [-0.25, -0.2) is 4.39 Å². The van der Waals surface area contributed by atoms with Gasteiger partial charge in [-0.05, 0) is 56.5 Å². The van der Waals surface area contributed by atoms with Crippen LogP contribution < -0.4 is 20.1 Å². The Morgan fingerprint density at radius 2 is 1.49 bits per heavy atom. The molecule has 1 saturated carbocycles. The van der Waals surface area contributed by atoms with Crippen LogP contribution in [0.4, 0.5) is 15.8 Å². The number of hydrogen-bond acceptors (Lipinski definition) is 4. The van der Waals surface area contributed by atoms with E-state index in [2.05, 4.69) is 10.6 Å². The van der Waals surface area contributed by atoms with E-state index in [9.17, 15) is 14.0 Å². The second-order valence-electron chi connectivity index (χ2n) is 8.43. The number of anilines is 2. The third-order valence-electron chi connectivity index (χ3n) is 6.23. The van der Waals surface area contributed by atoms with Crippen LogP contribution in [0.2, 0.25) is 0 Å². The minimum Gasteiger partial charge on any atom is -0.492 e. The summed E-state index contributed by atoms with van der Waals surface area (Å²) in [7, 11) is 0. The molecule has 7 heteroatoms. The lowest BCUT2D eigenvalue weighted by molar-refractivity contribution is -0.124. The molecule has 2 amide bonds. The quantitative estimate of drug-likeness (QED) is 0.401. The maximum absolute atomic E-state index is 13.9. The SMILES string of the molecule is CCOc1cc(NC(=O)C2(c3cccc(F)c3)CCC2)c(OCC)cc1NC(=O)c1ccccc1. The van der Waals surface area contributed by atoms with Gasteiger partial charge in [-0.15, -0.1) is 0 Å². The second kappa shape index (κ2) is 10.6. The molecule has 0 radical (unpaired) electrons. The Bertz CT molecular complexity index is 1210. The molecule has 0 saturated heterocycles. The fourth-order valence-electron chi connectivity index (χ4n) is 4.29. The van der Waals surface area contributed by atoms with Gasteiger partial charge in [0.2, 0.25) is 5.91 Å². The van der Waals surface area contributed by atoms with Crippen LogP contribution in [0.3, 0.4) is 0 Å². The summed E-state index contributed by atoms with van der Waals surface area (Å²) in [6, 6.07) is 18.4. The molecule has 1 fully saturated rings. The van der Waals surface area contributed by atoms with Crippen LogP contribution in [0.5, 0.6) is 11.5 Å². The maximum atomic E-state index is 13.9. The van der Waals surface area contributed by atoms with E-state index in [1.54, 1.807) is 48.5 Å². The topological polar surface area (TPSA) is 76.7 Å². The molecule has 0 heterocycles. The number of halogens is 1. The zero-order valence-electron chi connectivity index (χ0n) is 19.9. The second-order valence-corrected chi connectivity index (χ2v) is 8.43. The first-order chi connectivity index (χ1) is 17.0. The standard InChI is InChI=1S/C28H29FN2O4/c1-3-34-24-18-23(31-27(33)28(14-9-15-28)20-12-8-13-21(29)16-20)25(35-4-2)17-22(24)30-26(32)19-10-6-5-7-11-19/h5-8,10-13,16-18H,3-4,9,14-15H2,1-2H3,(H,30,32)(H,31,33). The number of amides is 2. The summed E-state index contributed by atoms with van der Waals surface area (Å²) in [5, 5.41) is 5.87. The average Bonchev–Trinajstić information content (AvgIpc) is 2.82. The Labute approximate surface area is 204 Å². The Morgan fingerprint density at radius 3 is 2.03 bits per heavy atom. The molecular formula is C28H29FN2O4. The summed E-state index contributed by atoms with van der Waals surface area (Å²) >= 11 is 0. The van der Waals surface area contributed by atoms with E-state index in [4.69, 9.17) is 9.47 Å². The number of nitrogens with one attached hydrogen (secondary N) is 2. The van der Waals surface area contributed by atoms with Crippen LogP contribution in [0.1, 0.15) is 49.0 Å². The highest BCUT2D eigenvalue weighted by molar-refractivity contribution is 6.06. The molecular weight excluding hydrogens is 447 g/mol. The number of hydrogen-bond donors (Lipinski definition) is 2. The minimum absolute atomic E-state index is 0.223. The first-order valence-corrected chi connectivity index (χ1v) is 11.8. The van der Waals surface area contributed by atoms with Crippen molar-refractivity contribution in [3.05, 3.63) is 83.7 Å². The van der Waals surface area contributed by atoms with Crippen LogP contribution in [0, 0.1) is 5.82 Å². The zero-order chi connectivity index (χ0) is 24.8. The van der Waals surface area contributed by atoms with Gasteiger partial charge in [-0.1, -0.05) is 36.8 Å². The molecule has 35 heavy (non-hydrogen) atoms. The largest absolute Gasteiger partial charge is 0.492 e. The fraction of sp³-hybridized carbons (Fsp3) is 0.286. The van der Waals surface area contributed by atoms with Crippen LogP contribution in [-0.4, -0.2) is 25.0 Å². The molecule has 0 unspecified atom stereocenters. The Morgan fingerprint density at radius 1 is 0.857 bits per heavy atom. The van der Waals surface area contributed by atoms with Gasteiger partial charge in [0, 0.05) is 17.7 Å². The number of rotatable bonds is 9. The number of carbonyl (C=O) groups is 2. The van der Waals surface area contributed by atoms with Crippen LogP contribution >= 0.6 is 0 Å². The van der Waals surface area contributed by atoms with Gasteiger partial charge in [0.1, 0.15) is 17.3 Å². The smallest absolute Gasteiger partial charge is 0.255 e. The van der Waals surface area contributed by atoms with Gasteiger partial charge in [0.15, 0.2) is 0 Å². The van der Waals surface area contributed by atoms with Crippen LogP contribution in [0.15, 0.2) is 66.7 Å². The number of ether oxygens (including phenoxy) is 2. The molecule has 0 atom stereocenters. The van der Waals surface area contributed by atoms with Gasteiger partial charge >= 0.3 is 0 Å². The third kappa shape index (κ3) is 5.14. The molecule has 1 aliphatic rings. The van der Waals surface area contributed by atoms with E-state index >= 15 is 0 Å². The lowest BCUT2D eigenvalue weighted by Gasteiger charge is -2.40. The van der Waals surface area contributed by atoms with E-state index in [-0.39, 0.29) is 17.6 Å². The van der Waals surface area contributed by atoms with E-state index in [1.807, 2.05) is 19.9 Å². The Balaban J connectivity index is 1.65. The van der Waals surface area contributed by atoms with Gasteiger partial charge < -0.3 is 20.1 Å². The number of carbonyl (C=O) groups excluding carboxylic acids is 2. The zero-order valence-corrected chi connectivity index (χ0v) is 19.9. The van der Waals surface area contributed by atoms with Crippen molar-refractivity contribution in [2.75, 3.05) is 23.8 Å². The van der Waals surface area contributed by atoms with Crippen LogP contribution in [0.25, 0.3) is 0 Å². The van der Waals surface area contributed by atoms with E-state index < -0.39 is 5.41 Å². The molecule has 3 aromatic rings. The maximum Gasteiger partial charge on any atom is 0.255 e. The predicted octanol–water partition coefficient (Wildman–Crippen LogP) is 5.94. The first kappa shape index (κ1) is 24.3. The van der Waals surface area contributed by atoms with Crippen molar-refractivity contribution in [1.82, 2.24) is 0 Å². The summed E-state index contributed by atoms with van der Waals surface area (Å²) in [5.41, 5.74) is 1.24. The molecule has 0 spiro atoms. The van der Waals surface area contributed by atoms with Crippen molar-refractivity contribution in [1.29, 1.82) is 0 Å². The first-order valence-electron chi connectivity index (χ1n) is 11.8. The highest BCUT2D eigenvalue weighted by Crippen LogP contribution is 2.46. The number of benzene rings is 3. The lowest BCUT2D eigenvalue weighted by Crippen LogP contribution is -2.46. The van der Waals surface area contributed by atoms with Crippen LogP contribution in [-0.2, 0) is 10.2 Å². The highest BCUT2D eigenvalue weighted by Gasteiger charge is 2.46. The Kier molecular flexibility index (Phi) is 7.34. The molecule has 6 nitrogen and oxygen atoms in total. The van der Waals surface area contributed by atoms with Crippen molar-refractivity contribution in [2.45, 2.75) is 38.5 Å². The summed E-state index contributed by atoms with van der Waals surface area (Å²) in [6.07, 6.45) is 2.16. The summed E-state index contributed by atoms with van der Waals surface area (Å²) in [4.78, 5) is 26.3. The van der Waals surface area contributed by atoms with Crippen molar-refractivity contribution in [3.8, 4) is 11.5 Å². The summed E-state index contributed by atoms with van der Waals surface area (Å²) in [6.45, 7) is 4.40. The lowest BCUT2D eigenvalue weighted by atomic mass is 9.63.